The third-order valence-corrected chi connectivity index (χ3v) is 5.97. The van der Waals surface area contributed by atoms with Crippen molar-refractivity contribution in [2.45, 2.75) is 34.6 Å². The van der Waals surface area contributed by atoms with Crippen LogP contribution in [0.2, 0.25) is 0 Å². The maximum atomic E-state index is 6.16. The van der Waals surface area contributed by atoms with Crippen LogP contribution in [-0.2, 0) is 0 Å². The van der Waals surface area contributed by atoms with Gasteiger partial charge in [-0.2, -0.15) is 0 Å². The summed E-state index contributed by atoms with van der Waals surface area (Å²) in [7, 11) is 0. The van der Waals surface area contributed by atoms with E-state index in [-0.39, 0.29) is 0 Å². The molecule has 1 heterocycles. The van der Waals surface area contributed by atoms with Crippen molar-refractivity contribution in [3.05, 3.63) is 59.2 Å². The van der Waals surface area contributed by atoms with Gasteiger partial charge in [-0.25, -0.2) is 4.98 Å². The minimum Gasteiger partial charge on any atom is -0.326 e. The van der Waals surface area contributed by atoms with Crippen molar-refractivity contribution in [1.82, 2.24) is 4.98 Å². The number of aromatic nitrogens is 1. The first-order chi connectivity index (χ1) is 12.4. The van der Waals surface area contributed by atoms with Gasteiger partial charge in [-0.3, -0.25) is 0 Å². The van der Waals surface area contributed by atoms with Crippen molar-refractivity contribution in [3.8, 4) is 10.6 Å². The molecular formula is C23H28N2S. The van der Waals surface area contributed by atoms with Gasteiger partial charge in [-0.05, 0) is 47.6 Å². The van der Waals surface area contributed by atoms with Gasteiger partial charge in [-0.1, -0.05) is 63.6 Å². The van der Waals surface area contributed by atoms with Gasteiger partial charge in [-0.15, -0.1) is 11.3 Å². The molecule has 0 saturated heterocycles. The summed E-state index contributed by atoms with van der Waals surface area (Å²) in [6, 6.07) is 15.0. The molecule has 0 saturated carbocycles. The van der Waals surface area contributed by atoms with E-state index in [0.29, 0.717) is 18.4 Å². The summed E-state index contributed by atoms with van der Waals surface area (Å²) >= 11 is 1.75. The summed E-state index contributed by atoms with van der Waals surface area (Å²) in [5.41, 5.74) is 13.7. The van der Waals surface area contributed by atoms with Gasteiger partial charge in [0.05, 0.1) is 10.2 Å². The average molecular weight is 365 g/mol. The molecule has 1 aromatic heterocycles. The van der Waals surface area contributed by atoms with Crippen LogP contribution < -0.4 is 5.73 Å². The minimum absolute atomic E-state index is 0.498. The monoisotopic (exact) mass is 364 g/mol. The highest BCUT2D eigenvalue weighted by molar-refractivity contribution is 7.21. The zero-order valence-corrected chi connectivity index (χ0v) is 17.2. The molecule has 0 bridgehead atoms. The lowest BCUT2D eigenvalue weighted by atomic mass is 9.84. The third kappa shape index (κ3) is 3.60. The lowest BCUT2D eigenvalue weighted by molar-refractivity contribution is 0.627. The molecule has 0 fully saturated rings. The maximum Gasteiger partial charge on any atom is 0.124 e. The van der Waals surface area contributed by atoms with E-state index >= 15 is 0 Å². The van der Waals surface area contributed by atoms with Crippen molar-refractivity contribution in [3.63, 3.8) is 0 Å². The highest BCUT2D eigenvalue weighted by Gasteiger charge is 2.16. The van der Waals surface area contributed by atoms with Crippen LogP contribution in [0.15, 0.2) is 48.0 Å². The van der Waals surface area contributed by atoms with Gasteiger partial charge < -0.3 is 5.73 Å². The Morgan fingerprint density at radius 3 is 2.31 bits per heavy atom. The van der Waals surface area contributed by atoms with E-state index in [2.05, 4.69) is 71.0 Å². The number of fused-ring (bicyclic) bond motifs is 1. The number of benzene rings is 2. The summed E-state index contributed by atoms with van der Waals surface area (Å²) in [5, 5.41) is 1.08. The number of hydrogen-bond donors (Lipinski definition) is 1. The van der Waals surface area contributed by atoms with Crippen molar-refractivity contribution < 1.29 is 0 Å². The fourth-order valence-electron chi connectivity index (χ4n) is 3.84. The second kappa shape index (κ2) is 7.73. The number of para-hydroxylation sites is 1. The molecule has 0 aliphatic heterocycles. The largest absolute Gasteiger partial charge is 0.326 e. The molecule has 0 unspecified atom stereocenters. The normalized spacial score (nSPS) is 11.5. The van der Waals surface area contributed by atoms with Crippen LogP contribution in [-0.4, -0.2) is 11.5 Å². The van der Waals surface area contributed by atoms with E-state index in [9.17, 15) is 0 Å². The maximum absolute atomic E-state index is 6.16. The summed E-state index contributed by atoms with van der Waals surface area (Å²) in [4.78, 5) is 4.81. The van der Waals surface area contributed by atoms with Gasteiger partial charge in [0, 0.05) is 12.1 Å². The van der Waals surface area contributed by atoms with Crippen LogP contribution in [0.1, 0.15) is 38.8 Å². The molecule has 3 rings (SSSR count). The molecule has 0 radical (unpaired) electrons. The fourth-order valence-corrected chi connectivity index (χ4v) is 4.90. The van der Waals surface area contributed by atoms with E-state index < -0.39 is 0 Å². The molecule has 136 valence electrons. The van der Waals surface area contributed by atoms with E-state index in [0.717, 1.165) is 10.5 Å². The number of rotatable bonds is 5. The molecule has 0 aliphatic carbocycles. The van der Waals surface area contributed by atoms with Crippen LogP contribution in [0.5, 0.6) is 0 Å². The predicted octanol–water partition coefficient (Wildman–Crippen LogP) is 6.30. The Hall–Kier alpha value is -1.97. The number of nitrogens with zero attached hydrogens (tertiary/aromatic N) is 1. The smallest absolute Gasteiger partial charge is 0.124 e. The van der Waals surface area contributed by atoms with Gasteiger partial charge >= 0.3 is 0 Å². The second-order valence-corrected chi connectivity index (χ2v) is 8.49. The van der Waals surface area contributed by atoms with Crippen LogP contribution >= 0.6 is 11.3 Å². The highest BCUT2D eigenvalue weighted by atomic mass is 32.1. The van der Waals surface area contributed by atoms with E-state index in [4.69, 9.17) is 10.7 Å². The lowest BCUT2D eigenvalue weighted by Gasteiger charge is -2.22. The van der Waals surface area contributed by atoms with Crippen molar-refractivity contribution >= 4 is 27.1 Å². The number of aryl methyl sites for hydroxylation is 1. The molecule has 2 nitrogen and oxygen atoms in total. The van der Waals surface area contributed by atoms with Gasteiger partial charge in [0.15, 0.2) is 0 Å². The van der Waals surface area contributed by atoms with Crippen molar-refractivity contribution in [2.75, 3.05) is 6.54 Å². The number of thiazole rings is 1. The molecule has 26 heavy (non-hydrogen) atoms. The third-order valence-electron chi connectivity index (χ3n) is 4.90. The Kier molecular flexibility index (Phi) is 5.59. The number of allylic oxidation sites excluding steroid dienone is 1. The molecule has 3 heteroatoms. The molecule has 0 atom stereocenters. The first kappa shape index (κ1) is 18.8. The molecular weight excluding hydrogens is 336 g/mol. The summed E-state index contributed by atoms with van der Waals surface area (Å²) in [6.07, 6.45) is 0. The molecule has 3 aromatic rings. The van der Waals surface area contributed by atoms with E-state index in [1.54, 1.807) is 11.3 Å². The minimum atomic E-state index is 0.498. The molecule has 2 aromatic carbocycles. The quantitative estimate of drug-likeness (QED) is 0.577. The van der Waals surface area contributed by atoms with Crippen molar-refractivity contribution in [2.24, 2.45) is 17.6 Å². The Bertz CT molecular complexity index is 905. The van der Waals surface area contributed by atoms with E-state index in [1.807, 2.05) is 6.07 Å². The van der Waals surface area contributed by atoms with Crippen LogP contribution in [0.25, 0.3) is 26.4 Å². The SMILES string of the molecule is Cc1cc(C(CN)=C(C(C)C)C(C)C)ccc1-c1nc2ccccc2s1. The predicted molar refractivity (Wildman–Crippen MR) is 115 cm³/mol. The van der Waals surface area contributed by atoms with Gasteiger partial charge in [0.1, 0.15) is 5.01 Å². The molecule has 0 aliphatic rings. The standard InChI is InChI=1S/C23H28N2S/c1-14(2)22(15(3)4)19(13-24)17-10-11-18(16(5)12-17)23-25-20-8-6-7-9-21(20)26-23/h6-12,14-15H,13,24H2,1-5H3. The topological polar surface area (TPSA) is 38.9 Å². The van der Waals surface area contributed by atoms with Gasteiger partial charge in [0.25, 0.3) is 0 Å². The first-order valence-electron chi connectivity index (χ1n) is 9.32. The Labute approximate surface area is 160 Å². The second-order valence-electron chi connectivity index (χ2n) is 7.46. The zero-order valence-electron chi connectivity index (χ0n) is 16.3. The van der Waals surface area contributed by atoms with Crippen LogP contribution in [0, 0.1) is 18.8 Å². The zero-order chi connectivity index (χ0) is 18.8. The molecule has 0 spiro atoms. The summed E-state index contributed by atoms with van der Waals surface area (Å²) < 4.78 is 1.23. The summed E-state index contributed by atoms with van der Waals surface area (Å²) in [6.45, 7) is 11.8. The Morgan fingerprint density at radius 1 is 1.04 bits per heavy atom. The summed E-state index contributed by atoms with van der Waals surface area (Å²) in [5.74, 6) is 0.996. The Morgan fingerprint density at radius 2 is 1.73 bits per heavy atom. The van der Waals surface area contributed by atoms with Crippen LogP contribution in [0.3, 0.4) is 0 Å². The van der Waals surface area contributed by atoms with Crippen LogP contribution in [0.4, 0.5) is 0 Å². The van der Waals surface area contributed by atoms with Gasteiger partial charge in [0.2, 0.25) is 0 Å². The number of nitrogens with two attached hydrogens (primary N) is 1. The first-order valence-corrected chi connectivity index (χ1v) is 10.1. The van der Waals surface area contributed by atoms with Crippen molar-refractivity contribution in [1.29, 1.82) is 0 Å². The fraction of sp³-hybridized carbons (Fsp3) is 0.348. The number of hydrogen-bond acceptors (Lipinski definition) is 3. The molecule has 2 N–H and O–H groups in total. The average Bonchev–Trinajstić information content (AvgIpc) is 3.02. The highest BCUT2D eigenvalue weighted by Crippen LogP contribution is 2.35. The van der Waals surface area contributed by atoms with E-state index in [1.165, 1.54) is 32.5 Å². The lowest BCUT2D eigenvalue weighted by Crippen LogP contribution is -2.12. The molecule has 0 amide bonds. The Balaban J connectivity index is 2.08.